The van der Waals surface area contributed by atoms with Crippen LogP contribution in [-0.4, -0.2) is 49.8 Å². The van der Waals surface area contributed by atoms with Gasteiger partial charge in [-0.25, -0.2) is 8.42 Å². The number of benzene rings is 1. The lowest BCUT2D eigenvalue weighted by Crippen LogP contribution is -2.56. The van der Waals surface area contributed by atoms with Crippen LogP contribution in [0.3, 0.4) is 0 Å². The first-order chi connectivity index (χ1) is 9.77. The Kier molecular flexibility index (Phi) is 4.72. The molecule has 0 bridgehead atoms. The molecule has 0 aromatic heterocycles. The molecule has 6 heteroatoms. The van der Waals surface area contributed by atoms with E-state index in [1.807, 2.05) is 20.0 Å². The molecule has 2 unspecified atom stereocenters. The number of sulfonamides is 1. The van der Waals surface area contributed by atoms with Crippen molar-refractivity contribution in [2.24, 2.45) is 5.73 Å². The third-order valence-electron chi connectivity index (χ3n) is 4.50. The highest BCUT2D eigenvalue weighted by Crippen LogP contribution is 2.23. The van der Waals surface area contributed by atoms with E-state index in [1.54, 1.807) is 16.4 Å². The number of piperazine rings is 1. The van der Waals surface area contributed by atoms with Gasteiger partial charge in [0.15, 0.2) is 0 Å². The molecule has 1 aliphatic rings. The zero-order chi connectivity index (χ0) is 15.8. The molecular weight excluding hydrogens is 286 g/mol. The van der Waals surface area contributed by atoms with E-state index >= 15 is 0 Å². The molecule has 5 nitrogen and oxygen atoms in total. The van der Waals surface area contributed by atoms with Crippen molar-refractivity contribution in [2.75, 3.05) is 20.1 Å². The van der Waals surface area contributed by atoms with Crippen molar-refractivity contribution in [1.29, 1.82) is 0 Å². The fourth-order valence-corrected chi connectivity index (χ4v) is 4.38. The van der Waals surface area contributed by atoms with Crippen LogP contribution in [0.1, 0.15) is 25.0 Å². The monoisotopic (exact) mass is 311 g/mol. The summed E-state index contributed by atoms with van der Waals surface area (Å²) in [6.45, 7) is 7.45. The molecule has 0 saturated carbocycles. The van der Waals surface area contributed by atoms with Crippen molar-refractivity contribution in [3.05, 3.63) is 29.3 Å². The van der Waals surface area contributed by atoms with E-state index in [1.165, 1.54) is 0 Å². The Morgan fingerprint density at radius 2 is 1.81 bits per heavy atom. The van der Waals surface area contributed by atoms with E-state index < -0.39 is 10.0 Å². The lowest BCUT2D eigenvalue weighted by Gasteiger charge is -2.41. The molecule has 2 atom stereocenters. The van der Waals surface area contributed by atoms with Gasteiger partial charge in [0.2, 0.25) is 10.0 Å². The lowest BCUT2D eigenvalue weighted by atomic mass is 10.1. The molecule has 0 amide bonds. The first-order valence-corrected chi connectivity index (χ1v) is 8.73. The van der Waals surface area contributed by atoms with Gasteiger partial charge in [0.25, 0.3) is 0 Å². The van der Waals surface area contributed by atoms with E-state index in [0.29, 0.717) is 24.5 Å². The summed E-state index contributed by atoms with van der Waals surface area (Å²) < 4.78 is 27.3. The molecule has 1 aliphatic heterocycles. The standard InChI is InChI=1S/C15H25N3O2S/c1-11-5-6-15(7-14(11)8-16)21(19,20)18-9-12(2)17(4)13(3)10-18/h5-7,12-13H,8-10,16H2,1-4H3. The number of rotatable bonds is 3. The van der Waals surface area contributed by atoms with Crippen LogP contribution < -0.4 is 5.73 Å². The molecule has 1 fully saturated rings. The topological polar surface area (TPSA) is 66.6 Å². The summed E-state index contributed by atoms with van der Waals surface area (Å²) in [5.74, 6) is 0. The van der Waals surface area contributed by atoms with E-state index in [4.69, 9.17) is 5.73 Å². The minimum absolute atomic E-state index is 0.211. The van der Waals surface area contributed by atoms with E-state index in [9.17, 15) is 8.42 Å². The van der Waals surface area contributed by atoms with Crippen molar-refractivity contribution in [1.82, 2.24) is 9.21 Å². The maximum atomic E-state index is 12.8. The maximum absolute atomic E-state index is 12.8. The molecule has 0 spiro atoms. The van der Waals surface area contributed by atoms with Crippen molar-refractivity contribution in [3.8, 4) is 0 Å². The third-order valence-corrected chi connectivity index (χ3v) is 6.33. The average molecular weight is 311 g/mol. The van der Waals surface area contributed by atoms with Gasteiger partial charge in [0.05, 0.1) is 4.90 Å². The summed E-state index contributed by atoms with van der Waals surface area (Å²) in [6, 6.07) is 5.64. The number of nitrogens with two attached hydrogens (primary N) is 1. The van der Waals surface area contributed by atoms with Crippen molar-refractivity contribution >= 4 is 10.0 Å². The number of hydrogen-bond acceptors (Lipinski definition) is 4. The molecule has 2 N–H and O–H groups in total. The van der Waals surface area contributed by atoms with E-state index in [2.05, 4.69) is 18.7 Å². The predicted octanol–water partition coefficient (Wildman–Crippen LogP) is 1.17. The first-order valence-electron chi connectivity index (χ1n) is 7.29. The van der Waals surface area contributed by atoms with Gasteiger partial charge in [0.1, 0.15) is 0 Å². The van der Waals surface area contributed by atoms with Crippen LogP contribution in [0, 0.1) is 6.92 Å². The summed E-state index contributed by atoms with van der Waals surface area (Å²) in [5, 5.41) is 0. The van der Waals surface area contributed by atoms with Gasteiger partial charge in [-0.15, -0.1) is 0 Å². The van der Waals surface area contributed by atoms with Gasteiger partial charge >= 0.3 is 0 Å². The number of nitrogens with zero attached hydrogens (tertiary/aromatic N) is 2. The van der Waals surface area contributed by atoms with Crippen molar-refractivity contribution in [3.63, 3.8) is 0 Å². The van der Waals surface area contributed by atoms with Gasteiger partial charge < -0.3 is 5.73 Å². The highest BCUT2D eigenvalue weighted by Gasteiger charge is 2.34. The first kappa shape index (κ1) is 16.4. The largest absolute Gasteiger partial charge is 0.326 e. The van der Waals surface area contributed by atoms with Crippen molar-refractivity contribution < 1.29 is 8.42 Å². The maximum Gasteiger partial charge on any atom is 0.243 e. The number of likely N-dealkylation sites (N-methyl/N-ethyl adjacent to an activating group) is 1. The summed E-state index contributed by atoms with van der Waals surface area (Å²) in [5.41, 5.74) is 7.59. The molecule has 21 heavy (non-hydrogen) atoms. The minimum Gasteiger partial charge on any atom is -0.326 e. The fourth-order valence-electron chi connectivity index (χ4n) is 2.73. The van der Waals surface area contributed by atoms with Crippen LogP contribution in [0.25, 0.3) is 0 Å². The van der Waals surface area contributed by atoms with Crippen LogP contribution in [0.5, 0.6) is 0 Å². The molecule has 1 heterocycles. The molecular formula is C15H25N3O2S. The van der Waals surface area contributed by atoms with Gasteiger partial charge in [-0.3, -0.25) is 4.90 Å². The zero-order valence-electron chi connectivity index (χ0n) is 13.2. The molecule has 0 aliphatic carbocycles. The van der Waals surface area contributed by atoms with Crippen LogP contribution in [0.15, 0.2) is 23.1 Å². The minimum atomic E-state index is -3.45. The zero-order valence-corrected chi connectivity index (χ0v) is 14.0. The smallest absolute Gasteiger partial charge is 0.243 e. The van der Waals surface area contributed by atoms with Crippen LogP contribution in [0.2, 0.25) is 0 Å². The van der Waals surface area contributed by atoms with Crippen LogP contribution >= 0.6 is 0 Å². The van der Waals surface area contributed by atoms with Gasteiger partial charge in [0, 0.05) is 31.7 Å². The SMILES string of the molecule is Cc1ccc(S(=O)(=O)N2CC(C)N(C)C(C)C2)cc1CN. The van der Waals surface area contributed by atoms with Crippen LogP contribution in [0.4, 0.5) is 0 Å². The van der Waals surface area contributed by atoms with Gasteiger partial charge in [-0.1, -0.05) is 6.07 Å². The molecule has 1 aromatic rings. The predicted molar refractivity (Wildman–Crippen MR) is 84.5 cm³/mol. The van der Waals surface area contributed by atoms with Crippen LogP contribution in [-0.2, 0) is 16.6 Å². The summed E-state index contributed by atoms with van der Waals surface area (Å²) in [6.07, 6.45) is 0. The summed E-state index contributed by atoms with van der Waals surface area (Å²) in [7, 11) is -1.41. The van der Waals surface area contributed by atoms with E-state index in [0.717, 1.165) is 11.1 Å². The van der Waals surface area contributed by atoms with Crippen molar-refractivity contribution in [2.45, 2.75) is 44.3 Å². The molecule has 1 saturated heterocycles. The van der Waals surface area contributed by atoms with Gasteiger partial charge in [-0.2, -0.15) is 4.31 Å². The molecule has 118 valence electrons. The summed E-state index contributed by atoms with van der Waals surface area (Å²) in [4.78, 5) is 2.56. The second-order valence-corrected chi connectivity index (χ2v) is 7.92. The highest BCUT2D eigenvalue weighted by atomic mass is 32.2. The second-order valence-electron chi connectivity index (χ2n) is 5.98. The fraction of sp³-hybridized carbons (Fsp3) is 0.600. The molecule has 2 rings (SSSR count). The number of hydrogen-bond donors (Lipinski definition) is 1. The molecule has 1 aromatic carbocycles. The van der Waals surface area contributed by atoms with E-state index in [-0.39, 0.29) is 12.1 Å². The Morgan fingerprint density at radius 1 is 1.24 bits per heavy atom. The average Bonchev–Trinajstić information content (AvgIpc) is 2.44. The quantitative estimate of drug-likeness (QED) is 0.910. The van der Waals surface area contributed by atoms with Gasteiger partial charge in [-0.05, 0) is 51.1 Å². The normalized spacial score (nSPS) is 25.2. The Hall–Kier alpha value is -0.950. The number of aryl methyl sites for hydroxylation is 1. The highest BCUT2D eigenvalue weighted by molar-refractivity contribution is 7.89. The Balaban J connectivity index is 2.34. The third kappa shape index (κ3) is 3.13. The Morgan fingerprint density at radius 3 is 2.33 bits per heavy atom. The Labute approximate surface area is 127 Å². The lowest BCUT2D eigenvalue weighted by molar-refractivity contribution is 0.105. The Bertz CT molecular complexity index is 603. The summed E-state index contributed by atoms with van der Waals surface area (Å²) >= 11 is 0. The second kappa shape index (κ2) is 6.04. The molecule has 0 radical (unpaired) electrons.